The summed E-state index contributed by atoms with van der Waals surface area (Å²) >= 11 is 0. The summed E-state index contributed by atoms with van der Waals surface area (Å²) < 4.78 is 13.1. The molecule has 6 heteroatoms. The lowest BCUT2D eigenvalue weighted by molar-refractivity contribution is -0.122. The second-order valence-electron chi connectivity index (χ2n) is 4.75. The Bertz CT molecular complexity index is 499. The molecule has 1 fully saturated rings. The summed E-state index contributed by atoms with van der Waals surface area (Å²) in [6.07, 6.45) is 0. The molecule has 0 unspecified atom stereocenters. The predicted octanol–water partition coefficient (Wildman–Crippen LogP) is 0.330. The monoisotopic (exact) mass is 279 g/mol. The molecule has 0 radical (unpaired) electrons. The summed E-state index contributed by atoms with van der Waals surface area (Å²) in [5.74, 6) is -0.604. The van der Waals surface area contributed by atoms with Gasteiger partial charge in [-0.15, -0.1) is 0 Å². The maximum absolute atomic E-state index is 13.1. The summed E-state index contributed by atoms with van der Waals surface area (Å²) in [5, 5.41) is 2.58. The van der Waals surface area contributed by atoms with E-state index in [1.807, 2.05) is 4.90 Å². The molecule has 1 aliphatic rings. The van der Waals surface area contributed by atoms with Gasteiger partial charge < -0.3 is 10.2 Å². The van der Waals surface area contributed by atoms with Crippen molar-refractivity contribution in [2.45, 2.75) is 0 Å². The number of nitrogens with one attached hydrogen (secondary N) is 1. The van der Waals surface area contributed by atoms with Crippen molar-refractivity contribution in [2.75, 3.05) is 39.8 Å². The number of piperazine rings is 1. The molecule has 20 heavy (non-hydrogen) atoms. The first kappa shape index (κ1) is 14.5. The van der Waals surface area contributed by atoms with Crippen LogP contribution in [-0.2, 0) is 4.79 Å². The maximum atomic E-state index is 13.1. The highest BCUT2D eigenvalue weighted by Crippen LogP contribution is 2.10. The Morgan fingerprint density at radius 1 is 1.25 bits per heavy atom. The van der Waals surface area contributed by atoms with Crippen LogP contribution in [-0.4, -0.2) is 61.4 Å². The number of hydrogen-bond donors (Lipinski definition) is 1. The zero-order valence-electron chi connectivity index (χ0n) is 11.4. The van der Waals surface area contributed by atoms with E-state index in [1.54, 1.807) is 18.0 Å². The molecule has 0 spiro atoms. The standard InChI is InChI=1S/C14H18FN3O2/c1-16-13(19)10-17-5-7-18(8-6-17)14(20)11-3-2-4-12(15)9-11/h2-4,9H,5-8,10H2,1H3,(H,16,19). The minimum atomic E-state index is -0.408. The smallest absolute Gasteiger partial charge is 0.254 e. The fraction of sp³-hybridized carbons (Fsp3) is 0.429. The Morgan fingerprint density at radius 3 is 2.55 bits per heavy atom. The lowest BCUT2D eigenvalue weighted by Gasteiger charge is -2.34. The SMILES string of the molecule is CNC(=O)CN1CCN(C(=O)c2cccc(F)c2)CC1. The summed E-state index contributed by atoms with van der Waals surface area (Å²) in [5.41, 5.74) is 0.366. The van der Waals surface area contributed by atoms with Gasteiger partial charge in [0.25, 0.3) is 5.91 Å². The van der Waals surface area contributed by atoms with Gasteiger partial charge in [0.2, 0.25) is 5.91 Å². The van der Waals surface area contributed by atoms with Gasteiger partial charge in [-0.25, -0.2) is 4.39 Å². The van der Waals surface area contributed by atoms with Crippen LogP contribution in [0.2, 0.25) is 0 Å². The number of carbonyl (C=O) groups excluding carboxylic acids is 2. The molecule has 0 aliphatic carbocycles. The number of carbonyl (C=O) groups is 2. The minimum Gasteiger partial charge on any atom is -0.358 e. The van der Waals surface area contributed by atoms with Crippen LogP contribution in [0.5, 0.6) is 0 Å². The molecule has 0 bridgehead atoms. The molecular weight excluding hydrogens is 261 g/mol. The van der Waals surface area contributed by atoms with Crippen LogP contribution in [0.4, 0.5) is 4.39 Å². The average Bonchev–Trinajstić information content (AvgIpc) is 2.47. The maximum Gasteiger partial charge on any atom is 0.254 e. The van der Waals surface area contributed by atoms with Crippen molar-refractivity contribution >= 4 is 11.8 Å². The second kappa shape index (κ2) is 6.47. The van der Waals surface area contributed by atoms with E-state index in [0.29, 0.717) is 38.3 Å². The van der Waals surface area contributed by atoms with Crippen LogP contribution in [0.25, 0.3) is 0 Å². The number of halogens is 1. The molecule has 2 amide bonds. The molecule has 5 nitrogen and oxygen atoms in total. The quantitative estimate of drug-likeness (QED) is 0.867. The topological polar surface area (TPSA) is 52.7 Å². The van der Waals surface area contributed by atoms with E-state index in [0.717, 1.165) is 0 Å². The van der Waals surface area contributed by atoms with Gasteiger partial charge in [0.05, 0.1) is 6.54 Å². The summed E-state index contributed by atoms with van der Waals surface area (Å²) in [6.45, 7) is 2.74. The molecule has 1 aromatic rings. The summed E-state index contributed by atoms with van der Waals surface area (Å²) in [4.78, 5) is 27.2. The first-order valence-electron chi connectivity index (χ1n) is 6.58. The highest BCUT2D eigenvalue weighted by atomic mass is 19.1. The van der Waals surface area contributed by atoms with E-state index in [4.69, 9.17) is 0 Å². The Kier molecular flexibility index (Phi) is 4.68. The van der Waals surface area contributed by atoms with Crippen molar-refractivity contribution < 1.29 is 14.0 Å². The molecule has 1 heterocycles. The zero-order chi connectivity index (χ0) is 14.5. The largest absolute Gasteiger partial charge is 0.358 e. The van der Waals surface area contributed by atoms with E-state index in [2.05, 4.69) is 5.32 Å². The van der Waals surface area contributed by atoms with Crippen molar-refractivity contribution in [1.82, 2.24) is 15.1 Å². The molecule has 2 rings (SSSR count). The van der Waals surface area contributed by atoms with E-state index in [1.165, 1.54) is 18.2 Å². The highest BCUT2D eigenvalue weighted by Gasteiger charge is 2.23. The van der Waals surface area contributed by atoms with E-state index in [9.17, 15) is 14.0 Å². The van der Waals surface area contributed by atoms with Crippen molar-refractivity contribution in [1.29, 1.82) is 0 Å². The first-order valence-corrected chi connectivity index (χ1v) is 6.58. The highest BCUT2D eigenvalue weighted by molar-refractivity contribution is 5.94. The van der Waals surface area contributed by atoms with Crippen LogP contribution in [0.1, 0.15) is 10.4 Å². The number of nitrogens with zero attached hydrogens (tertiary/aromatic N) is 2. The molecule has 108 valence electrons. The van der Waals surface area contributed by atoms with Gasteiger partial charge >= 0.3 is 0 Å². The van der Waals surface area contributed by atoms with Crippen LogP contribution < -0.4 is 5.32 Å². The van der Waals surface area contributed by atoms with Crippen molar-refractivity contribution in [3.05, 3.63) is 35.6 Å². The van der Waals surface area contributed by atoms with E-state index in [-0.39, 0.29) is 11.8 Å². The number of rotatable bonds is 3. The normalized spacial score (nSPS) is 16.0. The molecule has 0 aromatic heterocycles. The van der Waals surface area contributed by atoms with E-state index < -0.39 is 5.82 Å². The van der Waals surface area contributed by atoms with Crippen LogP contribution in [0.3, 0.4) is 0 Å². The Hall–Kier alpha value is -1.95. The molecule has 1 saturated heterocycles. The fourth-order valence-electron chi connectivity index (χ4n) is 2.20. The number of hydrogen-bond acceptors (Lipinski definition) is 3. The third kappa shape index (κ3) is 3.54. The summed E-state index contributed by atoms with van der Waals surface area (Å²) in [6, 6.07) is 5.71. The Morgan fingerprint density at radius 2 is 1.95 bits per heavy atom. The third-order valence-corrected chi connectivity index (χ3v) is 3.38. The lowest BCUT2D eigenvalue weighted by atomic mass is 10.1. The molecule has 1 N–H and O–H groups in total. The van der Waals surface area contributed by atoms with Crippen molar-refractivity contribution in [2.24, 2.45) is 0 Å². The van der Waals surface area contributed by atoms with Crippen LogP contribution in [0.15, 0.2) is 24.3 Å². The molecule has 1 aromatic carbocycles. The van der Waals surface area contributed by atoms with Crippen LogP contribution in [0, 0.1) is 5.82 Å². The van der Waals surface area contributed by atoms with Gasteiger partial charge in [0, 0.05) is 38.8 Å². The Balaban J connectivity index is 1.90. The van der Waals surface area contributed by atoms with Gasteiger partial charge in [-0.3, -0.25) is 14.5 Å². The van der Waals surface area contributed by atoms with Gasteiger partial charge in [0.15, 0.2) is 0 Å². The molecule has 1 aliphatic heterocycles. The fourth-order valence-corrected chi connectivity index (χ4v) is 2.20. The van der Waals surface area contributed by atoms with Crippen molar-refractivity contribution in [3.63, 3.8) is 0 Å². The zero-order valence-corrected chi connectivity index (χ0v) is 11.4. The first-order chi connectivity index (χ1) is 9.60. The van der Waals surface area contributed by atoms with Gasteiger partial charge in [-0.2, -0.15) is 0 Å². The molecule has 0 saturated carbocycles. The molecule has 0 atom stereocenters. The van der Waals surface area contributed by atoms with Gasteiger partial charge in [0.1, 0.15) is 5.82 Å². The number of amides is 2. The number of likely N-dealkylation sites (N-methyl/N-ethyl adjacent to an activating group) is 1. The lowest BCUT2D eigenvalue weighted by Crippen LogP contribution is -2.50. The Labute approximate surface area is 117 Å². The van der Waals surface area contributed by atoms with E-state index >= 15 is 0 Å². The third-order valence-electron chi connectivity index (χ3n) is 3.38. The predicted molar refractivity (Wildman–Crippen MR) is 72.8 cm³/mol. The molecular formula is C14H18FN3O2. The summed E-state index contributed by atoms with van der Waals surface area (Å²) in [7, 11) is 1.60. The van der Waals surface area contributed by atoms with Gasteiger partial charge in [-0.1, -0.05) is 6.07 Å². The average molecular weight is 279 g/mol. The minimum absolute atomic E-state index is 0.0325. The van der Waals surface area contributed by atoms with Crippen molar-refractivity contribution in [3.8, 4) is 0 Å². The number of benzene rings is 1. The second-order valence-corrected chi connectivity index (χ2v) is 4.75. The van der Waals surface area contributed by atoms with Crippen LogP contribution >= 0.6 is 0 Å². The van der Waals surface area contributed by atoms with Gasteiger partial charge in [-0.05, 0) is 18.2 Å².